The molecular formula is C15H10N4O2. The van der Waals surface area contributed by atoms with Gasteiger partial charge in [0.2, 0.25) is 0 Å². The summed E-state index contributed by atoms with van der Waals surface area (Å²) in [6.45, 7) is 0.00250. The molecule has 2 amide bonds. The second-order valence-electron chi connectivity index (χ2n) is 4.59. The number of nitrogens with two attached hydrogens (primary N) is 1. The number of nitriles is 1. The number of pyridine rings is 1. The van der Waals surface area contributed by atoms with Crippen molar-refractivity contribution in [1.82, 2.24) is 9.88 Å². The Morgan fingerprint density at radius 2 is 2.00 bits per heavy atom. The number of imide groups is 1. The van der Waals surface area contributed by atoms with Crippen LogP contribution in [0.4, 0.5) is 5.69 Å². The normalized spacial score (nSPS) is 13.2. The molecule has 0 radical (unpaired) electrons. The molecule has 6 heteroatoms. The molecule has 102 valence electrons. The van der Waals surface area contributed by atoms with Gasteiger partial charge >= 0.3 is 0 Å². The zero-order chi connectivity index (χ0) is 15.0. The van der Waals surface area contributed by atoms with Crippen molar-refractivity contribution in [1.29, 1.82) is 5.26 Å². The summed E-state index contributed by atoms with van der Waals surface area (Å²) in [6.07, 6.45) is 1.49. The molecule has 1 aromatic heterocycles. The van der Waals surface area contributed by atoms with Crippen LogP contribution in [-0.2, 0) is 6.54 Å². The van der Waals surface area contributed by atoms with E-state index in [9.17, 15) is 9.59 Å². The smallest absolute Gasteiger partial charge is 0.263 e. The number of rotatable bonds is 2. The highest BCUT2D eigenvalue weighted by atomic mass is 16.2. The van der Waals surface area contributed by atoms with Gasteiger partial charge in [-0.1, -0.05) is 12.1 Å². The number of nitrogen functional groups attached to an aromatic ring is 1. The Bertz CT molecular complexity index is 808. The zero-order valence-electron chi connectivity index (χ0n) is 10.9. The lowest BCUT2D eigenvalue weighted by molar-refractivity contribution is 0.0642. The third-order valence-electron chi connectivity index (χ3n) is 3.36. The first kappa shape index (κ1) is 12.8. The lowest BCUT2D eigenvalue weighted by Gasteiger charge is -2.14. The number of carbonyl (C=O) groups is 2. The summed E-state index contributed by atoms with van der Waals surface area (Å²) >= 11 is 0. The van der Waals surface area contributed by atoms with Gasteiger partial charge in [-0.05, 0) is 18.2 Å². The molecule has 0 unspecified atom stereocenters. The molecule has 0 aliphatic carbocycles. The first-order valence-corrected chi connectivity index (χ1v) is 6.22. The van der Waals surface area contributed by atoms with E-state index in [2.05, 4.69) is 4.98 Å². The number of amides is 2. The molecule has 0 saturated heterocycles. The molecule has 1 aromatic carbocycles. The number of aromatic nitrogens is 1. The second-order valence-corrected chi connectivity index (χ2v) is 4.59. The average molecular weight is 278 g/mol. The van der Waals surface area contributed by atoms with Crippen LogP contribution in [0.25, 0.3) is 0 Å². The number of nitrogens with zero attached hydrogens (tertiary/aromatic N) is 3. The van der Waals surface area contributed by atoms with Gasteiger partial charge in [-0.25, -0.2) is 4.98 Å². The maximum atomic E-state index is 12.4. The number of benzene rings is 1. The lowest BCUT2D eigenvalue weighted by Crippen LogP contribution is -2.29. The average Bonchev–Trinajstić information content (AvgIpc) is 2.74. The Morgan fingerprint density at radius 3 is 2.71 bits per heavy atom. The molecule has 21 heavy (non-hydrogen) atoms. The van der Waals surface area contributed by atoms with Crippen molar-refractivity contribution < 1.29 is 9.59 Å². The van der Waals surface area contributed by atoms with Crippen molar-refractivity contribution in [2.45, 2.75) is 6.54 Å². The SMILES string of the molecule is N#Cc1ncccc1CN1C(=O)c2cccc(N)c2C1=O. The zero-order valence-corrected chi connectivity index (χ0v) is 10.9. The van der Waals surface area contributed by atoms with E-state index < -0.39 is 11.8 Å². The summed E-state index contributed by atoms with van der Waals surface area (Å²) in [4.78, 5) is 29.7. The fourth-order valence-electron chi connectivity index (χ4n) is 2.34. The Balaban J connectivity index is 2.00. The van der Waals surface area contributed by atoms with Gasteiger partial charge in [0.25, 0.3) is 11.8 Å². The lowest BCUT2D eigenvalue weighted by atomic mass is 10.1. The van der Waals surface area contributed by atoms with Crippen LogP contribution in [0.1, 0.15) is 32.0 Å². The Morgan fingerprint density at radius 1 is 1.19 bits per heavy atom. The van der Waals surface area contributed by atoms with Crippen LogP contribution >= 0.6 is 0 Å². The molecule has 0 fully saturated rings. The third-order valence-corrected chi connectivity index (χ3v) is 3.36. The maximum Gasteiger partial charge on any atom is 0.263 e. The van der Waals surface area contributed by atoms with Crippen molar-refractivity contribution in [3.8, 4) is 6.07 Å². The van der Waals surface area contributed by atoms with Gasteiger partial charge in [-0.2, -0.15) is 5.26 Å². The minimum Gasteiger partial charge on any atom is -0.398 e. The van der Waals surface area contributed by atoms with Crippen molar-refractivity contribution in [3.63, 3.8) is 0 Å². The molecule has 2 aromatic rings. The molecular weight excluding hydrogens is 268 g/mol. The summed E-state index contributed by atoms with van der Waals surface area (Å²) in [5.41, 5.74) is 7.29. The molecule has 0 bridgehead atoms. The Hall–Kier alpha value is -3.20. The topological polar surface area (TPSA) is 100 Å². The molecule has 1 aliphatic rings. The number of fused-ring (bicyclic) bond motifs is 1. The number of carbonyl (C=O) groups excluding carboxylic acids is 2. The first-order valence-electron chi connectivity index (χ1n) is 6.22. The fourth-order valence-corrected chi connectivity index (χ4v) is 2.34. The molecule has 2 heterocycles. The van der Waals surface area contributed by atoms with Gasteiger partial charge in [0.15, 0.2) is 0 Å². The van der Waals surface area contributed by atoms with Gasteiger partial charge < -0.3 is 5.73 Å². The number of hydrogen-bond donors (Lipinski definition) is 1. The van der Waals surface area contributed by atoms with Crippen LogP contribution < -0.4 is 5.73 Å². The highest BCUT2D eigenvalue weighted by Gasteiger charge is 2.37. The van der Waals surface area contributed by atoms with E-state index in [-0.39, 0.29) is 23.5 Å². The highest BCUT2D eigenvalue weighted by Crippen LogP contribution is 2.28. The highest BCUT2D eigenvalue weighted by molar-refractivity contribution is 6.23. The van der Waals surface area contributed by atoms with E-state index >= 15 is 0 Å². The van der Waals surface area contributed by atoms with E-state index in [0.717, 1.165) is 4.90 Å². The standard InChI is InChI=1S/C15H10N4O2/c16-7-12-9(3-2-6-18-12)8-19-14(20)10-4-1-5-11(17)13(10)15(19)21/h1-6H,8,17H2. The Labute approximate surface area is 120 Å². The fraction of sp³-hybridized carbons (Fsp3) is 0.0667. The van der Waals surface area contributed by atoms with Crippen LogP contribution in [-0.4, -0.2) is 21.7 Å². The van der Waals surface area contributed by atoms with Crippen LogP contribution in [0.3, 0.4) is 0 Å². The summed E-state index contributed by atoms with van der Waals surface area (Å²) in [6, 6.07) is 10.1. The van der Waals surface area contributed by atoms with Gasteiger partial charge in [-0.15, -0.1) is 0 Å². The molecule has 0 spiro atoms. The van der Waals surface area contributed by atoms with Crippen LogP contribution in [0.15, 0.2) is 36.5 Å². The molecule has 6 nitrogen and oxygen atoms in total. The molecule has 0 atom stereocenters. The molecule has 1 aliphatic heterocycles. The van der Waals surface area contributed by atoms with E-state index in [1.807, 2.05) is 6.07 Å². The summed E-state index contributed by atoms with van der Waals surface area (Å²) in [7, 11) is 0. The summed E-state index contributed by atoms with van der Waals surface area (Å²) in [5, 5.41) is 9.02. The van der Waals surface area contributed by atoms with Crippen molar-refractivity contribution in [2.75, 3.05) is 5.73 Å². The predicted octanol–water partition coefficient (Wildman–Crippen LogP) is 1.33. The second kappa shape index (κ2) is 4.72. The van der Waals surface area contributed by atoms with Gasteiger partial charge in [0.1, 0.15) is 11.8 Å². The monoisotopic (exact) mass is 278 g/mol. The van der Waals surface area contributed by atoms with Crippen molar-refractivity contribution in [3.05, 3.63) is 58.9 Å². The summed E-state index contributed by atoms with van der Waals surface area (Å²) < 4.78 is 0. The van der Waals surface area contributed by atoms with Gasteiger partial charge in [-0.3, -0.25) is 14.5 Å². The molecule has 2 N–H and O–H groups in total. The minimum atomic E-state index is -0.444. The van der Waals surface area contributed by atoms with Crippen LogP contribution in [0.2, 0.25) is 0 Å². The van der Waals surface area contributed by atoms with E-state index in [0.29, 0.717) is 11.1 Å². The van der Waals surface area contributed by atoms with Gasteiger partial charge in [0, 0.05) is 17.4 Å². The van der Waals surface area contributed by atoms with E-state index in [1.165, 1.54) is 6.20 Å². The largest absolute Gasteiger partial charge is 0.398 e. The third kappa shape index (κ3) is 1.92. The summed E-state index contributed by atoms with van der Waals surface area (Å²) in [5.74, 6) is -0.851. The molecule has 0 saturated carbocycles. The van der Waals surface area contributed by atoms with Crippen LogP contribution in [0.5, 0.6) is 0 Å². The number of anilines is 1. The van der Waals surface area contributed by atoms with E-state index in [1.54, 1.807) is 30.3 Å². The van der Waals surface area contributed by atoms with Crippen LogP contribution in [0, 0.1) is 11.3 Å². The predicted molar refractivity (Wildman–Crippen MR) is 74.0 cm³/mol. The van der Waals surface area contributed by atoms with Crippen molar-refractivity contribution in [2.24, 2.45) is 0 Å². The van der Waals surface area contributed by atoms with E-state index in [4.69, 9.17) is 11.0 Å². The first-order chi connectivity index (χ1) is 10.1. The van der Waals surface area contributed by atoms with Crippen molar-refractivity contribution >= 4 is 17.5 Å². The number of hydrogen-bond acceptors (Lipinski definition) is 5. The van der Waals surface area contributed by atoms with Gasteiger partial charge in [0.05, 0.1) is 17.7 Å². The Kier molecular flexibility index (Phi) is 2.88. The quantitative estimate of drug-likeness (QED) is 0.659. The molecule has 3 rings (SSSR count). The minimum absolute atomic E-state index is 0.00250. The maximum absolute atomic E-state index is 12.4.